The van der Waals surface area contributed by atoms with Crippen LogP contribution in [0.5, 0.6) is 5.75 Å². The molecule has 0 saturated carbocycles. The van der Waals surface area contributed by atoms with Crippen LogP contribution in [0.25, 0.3) is 0 Å². The Morgan fingerprint density at radius 3 is 2.57 bits per heavy atom. The summed E-state index contributed by atoms with van der Waals surface area (Å²) in [6, 6.07) is 12.6. The molecule has 0 saturated heterocycles. The number of hydrogen-bond donors (Lipinski definition) is 3. The molecule has 2 aromatic rings. The van der Waals surface area contributed by atoms with E-state index >= 15 is 0 Å². The monoisotopic (exact) mass is 614 g/mol. The molecule has 0 radical (unpaired) electrons. The lowest BCUT2D eigenvalue weighted by Gasteiger charge is -2.31. The molecule has 2 amide bonds. The SMILES string of the molecule is CC(=O)OC1=C(C)NC(COCCNC(=O)COc2ccc(C3=NNC(=O)CC3)cc2Cl)=C(C)C1c1ccccc1Cl. The highest BCUT2D eigenvalue weighted by Gasteiger charge is 2.31. The number of nitrogens with zero attached hydrogens (tertiary/aromatic N) is 1. The van der Waals surface area contributed by atoms with Gasteiger partial charge in [0.2, 0.25) is 5.91 Å². The summed E-state index contributed by atoms with van der Waals surface area (Å²) in [5, 5.41) is 11.0. The molecule has 3 N–H and O–H groups in total. The second-order valence-electron chi connectivity index (χ2n) is 9.75. The first-order valence-corrected chi connectivity index (χ1v) is 14.1. The average Bonchev–Trinajstić information content (AvgIpc) is 2.95. The Hall–Kier alpha value is -3.86. The van der Waals surface area contributed by atoms with Gasteiger partial charge in [-0.05, 0) is 54.8 Å². The lowest BCUT2D eigenvalue weighted by molar-refractivity contribution is -0.137. The molecule has 2 heterocycles. The lowest BCUT2D eigenvalue weighted by Crippen LogP contribution is -2.33. The summed E-state index contributed by atoms with van der Waals surface area (Å²) in [5.74, 6) is -0.356. The second kappa shape index (κ2) is 14.4. The van der Waals surface area contributed by atoms with E-state index in [1.165, 1.54) is 6.92 Å². The predicted molar refractivity (Wildman–Crippen MR) is 159 cm³/mol. The average molecular weight is 616 g/mol. The van der Waals surface area contributed by atoms with Crippen LogP contribution in [-0.2, 0) is 23.9 Å². The molecule has 0 fully saturated rings. The number of carbonyl (C=O) groups is 3. The number of amides is 2. The number of hydrogen-bond acceptors (Lipinski definition) is 8. The minimum absolute atomic E-state index is 0.122. The van der Waals surface area contributed by atoms with Crippen LogP contribution in [0.3, 0.4) is 0 Å². The van der Waals surface area contributed by atoms with Gasteiger partial charge in [-0.3, -0.25) is 14.4 Å². The maximum Gasteiger partial charge on any atom is 0.307 e. The molecule has 2 aliphatic rings. The third-order valence-electron chi connectivity index (χ3n) is 6.69. The Labute approximate surface area is 254 Å². The predicted octanol–water partition coefficient (Wildman–Crippen LogP) is 4.57. The fourth-order valence-corrected chi connectivity index (χ4v) is 5.09. The molecule has 0 spiro atoms. The van der Waals surface area contributed by atoms with Gasteiger partial charge in [0.15, 0.2) is 6.61 Å². The van der Waals surface area contributed by atoms with Crippen molar-refractivity contribution in [1.82, 2.24) is 16.1 Å². The quantitative estimate of drug-likeness (QED) is 0.250. The molecule has 42 heavy (non-hydrogen) atoms. The Morgan fingerprint density at radius 1 is 1.10 bits per heavy atom. The summed E-state index contributed by atoms with van der Waals surface area (Å²) in [6.07, 6.45) is 0.885. The summed E-state index contributed by atoms with van der Waals surface area (Å²) in [4.78, 5) is 35.4. The van der Waals surface area contributed by atoms with Crippen LogP contribution in [0, 0.1) is 0 Å². The van der Waals surface area contributed by atoms with Gasteiger partial charge in [0.1, 0.15) is 11.5 Å². The van der Waals surface area contributed by atoms with Crippen molar-refractivity contribution in [2.24, 2.45) is 5.10 Å². The smallest absolute Gasteiger partial charge is 0.307 e. The number of rotatable bonds is 11. The van der Waals surface area contributed by atoms with Crippen molar-refractivity contribution in [3.05, 3.63) is 86.4 Å². The number of benzene rings is 2. The summed E-state index contributed by atoms with van der Waals surface area (Å²) in [6.45, 7) is 5.70. The number of nitrogens with one attached hydrogen (secondary N) is 3. The standard InChI is InChI=1S/C30H32Cl2N4O6/c1-17-25(34-18(2)30(42-19(3)37)29(17)21-6-4-5-7-22(21)31)15-40-13-12-33-28(39)16-41-26-10-8-20(14-23(26)32)24-9-11-27(38)36-35-24/h4-8,10,14,29,34H,9,11-13,15-16H2,1-3H3,(H,33,39)(H,36,38). The molecule has 4 rings (SSSR count). The Balaban J connectivity index is 1.26. The van der Waals surface area contributed by atoms with E-state index in [0.29, 0.717) is 40.1 Å². The second-order valence-corrected chi connectivity index (χ2v) is 10.6. The maximum absolute atomic E-state index is 12.3. The highest BCUT2D eigenvalue weighted by Crippen LogP contribution is 2.41. The zero-order chi connectivity index (χ0) is 30.2. The maximum atomic E-state index is 12.3. The minimum atomic E-state index is -0.416. The molecular weight excluding hydrogens is 583 g/mol. The number of allylic oxidation sites excluding steroid dienone is 2. The molecule has 1 atom stereocenters. The molecule has 12 heteroatoms. The third-order valence-corrected chi connectivity index (χ3v) is 7.33. The zero-order valence-corrected chi connectivity index (χ0v) is 25.0. The topological polar surface area (TPSA) is 127 Å². The minimum Gasteiger partial charge on any atom is -0.482 e. The van der Waals surface area contributed by atoms with Gasteiger partial charge < -0.3 is 24.8 Å². The largest absolute Gasteiger partial charge is 0.482 e. The summed E-state index contributed by atoms with van der Waals surface area (Å²) in [5.41, 5.74) is 7.20. The molecule has 0 aromatic heterocycles. The van der Waals surface area contributed by atoms with Crippen molar-refractivity contribution < 1.29 is 28.6 Å². The van der Waals surface area contributed by atoms with Gasteiger partial charge in [-0.2, -0.15) is 5.10 Å². The van der Waals surface area contributed by atoms with Gasteiger partial charge >= 0.3 is 5.97 Å². The fourth-order valence-electron chi connectivity index (χ4n) is 4.61. The normalized spacial score (nSPS) is 16.8. The number of hydrazone groups is 1. The van der Waals surface area contributed by atoms with Gasteiger partial charge in [0.05, 0.1) is 35.6 Å². The van der Waals surface area contributed by atoms with E-state index in [4.69, 9.17) is 37.4 Å². The number of dihydropyridines is 1. The molecule has 2 aromatic carbocycles. The molecule has 1 unspecified atom stereocenters. The lowest BCUT2D eigenvalue weighted by atomic mass is 9.86. The zero-order valence-electron chi connectivity index (χ0n) is 23.5. The van der Waals surface area contributed by atoms with E-state index in [-0.39, 0.29) is 44.1 Å². The van der Waals surface area contributed by atoms with Crippen LogP contribution >= 0.6 is 23.2 Å². The van der Waals surface area contributed by atoms with Crippen molar-refractivity contribution in [2.75, 3.05) is 26.4 Å². The first-order valence-electron chi connectivity index (χ1n) is 13.4. The van der Waals surface area contributed by atoms with Gasteiger partial charge in [-0.25, -0.2) is 5.43 Å². The van der Waals surface area contributed by atoms with E-state index in [9.17, 15) is 14.4 Å². The van der Waals surface area contributed by atoms with E-state index in [1.54, 1.807) is 24.3 Å². The molecular formula is C30H32Cl2N4O6. The Kier molecular flexibility index (Phi) is 10.6. The first-order chi connectivity index (χ1) is 20.1. The van der Waals surface area contributed by atoms with Crippen LogP contribution in [-0.4, -0.2) is 49.9 Å². The molecule has 10 nitrogen and oxygen atoms in total. The van der Waals surface area contributed by atoms with Crippen molar-refractivity contribution in [3.8, 4) is 5.75 Å². The number of ether oxygens (including phenoxy) is 3. The molecule has 0 bridgehead atoms. The summed E-state index contributed by atoms with van der Waals surface area (Å²) >= 11 is 12.8. The van der Waals surface area contributed by atoms with Crippen LogP contribution in [0.15, 0.2) is 70.3 Å². The first kappa shape index (κ1) is 31.1. The fraction of sp³-hybridized carbons (Fsp3) is 0.333. The van der Waals surface area contributed by atoms with Crippen LogP contribution < -0.4 is 20.8 Å². The summed E-state index contributed by atoms with van der Waals surface area (Å²) in [7, 11) is 0. The van der Waals surface area contributed by atoms with Crippen molar-refractivity contribution in [1.29, 1.82) is 0 Å². The van der Waals surface area contributed by atoms with Crippen LogP contribution in [0.1, 0.15) is 50.7 Å². The summed E-state index contributed by atoms with van der Waals surface area (Å²) < 4.78 is 17.0. The van der Waals surface area contributed by atoms with Gasteiger partial charge in [0, 0.05) is 37.0 Å². The molecule has 0 aliphatic carbocycles. The van der Waals surface area contributed by atoms with Crippen LogP contribution in [0.2, 0.25) is 10.0 Å². The van der Waals surface area contributed by atoms with Crippen molar-refractivity contribution in [2.45, 2.75) is 39.5 Å². The highest BCUT2D eigenvalue weighted by molar-refractivity contribution is 6.32. The Bertz CT molecular complexity index is 1470. The van der Waals surface area contributed by atoms with Gasteiger partial charge in [-0.1, -0.05) is 41.4 Å². The van der Waals surface area contributed by atoms with E-state index in [2.05, 4.69) is 21.2 Å². The van der Waals surface area contributed by atoms with Gasteiger partial charge in [0.25, 0.3) is 5.91 Å². The number of esters is 1. The van der Waals surface area contributed by atoms with Crippen molar-refractivity contribution >= 4 is 46.7 Å². The van der Waals surface area contributed by atoms with Crippen molar-refractivity contribution in [3.63, 3.8) is 0 Å². The number of halogens is 2. The highest BCUT2D eigenvalue weighted by atomic mass is 35.5. The molecule has 222 valence electrons. The van der Waals surface area contributed by atoms with E-state index in [0.717, 1.165) is 28.1 Å². The van der Waals surface area contributed by atoms with E-state index < -0.39 is 5.97 Å². The van der Waals surface area contributed by atoms with Gasteiger partial charge in [-0.15, -0.1) is 0 Å². The van der Waals surface area contributed by atoms with Crippen LogP contribution in [0.4, 0.5) is 0 Å². The molecule has 2 aliphatic heterocycles. The van der Waals surface area contributed by atoms with E-state index in [1.807, 2.05) is 32.0 Å². The number of carbonyl (C=O) groups excluding carboxylic acids is 3. The Morgan fingerprint density at radius 2 is 1.88 bits per heavy atom. The third kappa shape index (κ3) is 7.90.